The number of para-hydroxylation sites is 1. The van der Waals surface area contributed by atoms with Gasteiger partial charge in [0.05, 0.1) is 28.9 Å². The second kappa shape index (κ2) is 9.75. The highest BCUT2D eigenvalue weighted by molar-refractivity contribution is 6.39. The monoisotopic (exact) mass is 523 g/mol. The molecule has 0 radical (unpaired) electrons. The number of allylic oxidation sites excluding steroid dienone is 1. The minimum Gasteiger partial charge on any atom is -0.494 e. The van der Waals surface area contributed by atoms with Crippen molar-refractivity contribution in [1.82, 2.24) is 9.55 Å². The molecule has 1 aliphatic heterocycles. The number of aromatic nitrogens is 2. The summed E-state index contributed by atoms with van der Waals surface area (Å²) in [7, 11) is 0. The summed E-state index contributed by atoms with van der Waals surface area (Å²) >= 11 is 0. The van der Waals surface area contributed by atoms with Crippen LogP contribution in [-0.4, -0.2) is 26.3 Å². The molecule has 0 aliphatic carbocycles. The summed E-state index contributed by atoms with van der Waals surface area (Å²) in [5.74, 6) is 0.406. The first-order valence-corrected chi connectivity index (χ1v) is 13.1. The van der Waals surface area contributed by atoms with E-state index >= 15 is 0 Å². The second-order valence-electron chi connectivity index (χ2n) is 9.83. The van der Waals surface area contributed by atoms with Gasteiger partial charge >= 0.3 is 0 Å². The number of carbonyl (C=O) groups excluding carboxylic acids is 1. The van der Waals surface area contributed by atoms with Crippen molar-refractivity contribution in [3.05, 3.63) is 138 Å². The summed E-state index contributed by atoms with van der Waals surface area (Å²) in [6.07, 6.45) is 3.63. The highest BCUT2D eigenvalue weighted by atomic mass is 16.5. The normalized spacial score (nSPS) is 13.2. The van der Waals surface area contributed by atoms with Crippen molar-refractivity contribution in [3.63, 3.8) is 0 Å². The number of ether oxygens (including phenoxy) is 1. The summed E-state index contributed by atoms with van der Waals surface area (Å²) in [5, 5.41) is 13.1. The van der Waals surface area contributed by atoms with Crippen molar-refractivity contribution in [2.24, 2.45) is 4.99 Å². The van der Waals surface area contributed by atoms with Crippen LogP contribution in [0.5, 0.6) is 11.6 Å². The molecule has 6 heteroatoms. The minimum absolute atomic E-state index is 0.0524. The zero-order valence-electron chi connectivity index (χ0n) is 21.5. The number of benzene rings is 4. The fourth-order valence-electron chi connectivity index (χ4n) is 5.34. The van der Waals surface area contributed by atoms with Crippen LogP contribution in [0.3, 0.4) is 0 Å². The van der Waals surface area contributed by atoms with Gasteiger partial charge in [0.2, 0.25) is 5.88 Å². The molecule has 1 amide bonds. The van der Waals surface area contributed by atoms with E-state index in [1.807, 2.05) is 114 Å². The molecule has 1 aliphatic rings. The number of carbonyl (C=O) groups is 1. The van der Waals surface area contributed by atoms with Crippen molar-refractivity contribution in [3.8, 4) is 11.6 Å². The molecule has 6 aromatic rings. The Morgan fingerprint density at radius 3 is 2.35 bits per heavy atom. The third-order valence-corrected chi connectivity index (χ3v) is 7.31. The van der Waals surface area contributed by atoms with Gasteiger partial charge in [-0.15, -0.1) is 0 Å². The van der Waals surface area contributed by atoms with Crippen LogP contribution in [0.25, 0.3) is 27.4 Å². The molecule has 6 nitrogen and oxygen atoms in total. The molecule has 0 spiro atoms. The van der Waals surface area contributed by atoms with E-state index in [4.69, 9.17) is 4.74 Å². The standard InChI is InChI=1S/C34H25N3O3/c38-33-27(32-25-13-7-8-14-31(25)37(34(32)39)20-22-9-3-1-4-10-22)18-30(36-33)28-19-35-29-16-15-24(17-26(28)29)40-21-23-11-5-2-6-12-23/h1-19,35,39H,20-21H2. The number of H-pyrrole nitrogens is 1. The highest BCUT2D eigenvalue weighted by Gasteiger charge is 2.28. The van der Waals surface area contributed by atoms with Crippen molar-refractivity contribution < 1.29 is 14.6 Å². The molecular formula is C34H25N3O3. The van der Waals surface area contributed by atoms with E-state index in [2.05, 4.69) is 9.98 Å². The molecule has 0 fully saturated rings. The number of rotatable bonds is 7. The third kappa shape index (κ3) is 4.16. The second-order valence-corrected chi connectivity index (χ2v) is 9.83. The number of hydrogen-bond donors (Lipinski definition) is 2. The lowest BCUT2D eigenvalue weighted by atomic mass is 10.0. The van der Waals surface area contributed by atoms with Crippen LogP contribution < -0.4 is 4.74 Å². The molecule has 2 aromatic heterocycles. The van der Waals surface area contributed by atoms with Crippen LogP contribution in [0.15, 0.2) is 120 Å². The fraction of sp³-hybridized carbons (Fsp3) is 0.0588. The Kier molecular flexibility index (Phi) is 5.78. The Labute approximate surface area is 230 Å². The first kappa shape index (κ1) is 23.7. The van der Waals surface area contributed by atoms with Crippen LogP contribution in [0.2, 0.25) is 0 Å². The van der Waals surface area contributed by atoms with Gasteiger partial charge in [0, 0.05) is 28.0 Å². The van der Waals surface area contributed by atoms with Crippen molar-refractivity contribution in [2.45, 2.75) is 13.2 Å². The first-order valence-electron chi connectivity index (χ1n) is 13.1. The summed E-state index contributed by atoms with van der Waals surface area (Å²) < 4.78 is 7.88. The maximum atomic E-state index is 13.3. The minimum atomic E-state index is -0.376. The Balaban J connectivity index is 1.25. The lowest BCUT2D eigenvalue weighted by molar-refractivity contribution is -0.112. The van der Waals surface area contributed by atoms with Gasteiger partial charge in [-0.1, -0.05) is 78.9 Å². The van der Waals surface area contributed by atoms with Gasteiger partial charge in [-0.25, -0.2) is 4.99 Å². The number of amides is 1. The SMILES string of the molecule is O=C1N=C(c2c[nH]c3ccc(OCc4ccccc4)cc23)C=C1c1c(O)n(Cc2ccccc2)c2ccccc12. The topological polar surface area (TPSA) is 79.6 Å². The van der Waals surface area contributed by atoms with E-state index in [1.54, 1.807) is 6.08 Å². The van der Waals surface area contributed by atoms with E-state index in [9.17, 15) is 9.90 Å². The molecule has 0 unspecified atom stereocenters. The summed E-state index contributed by atoms with van der Waals surface area (Å²) in [6, 6.07) is 33.5. The van der Waals surface area contributed by atoms with Crippen LogP contribution >= 0.6 is 0 Å². The maximum absolute atomic E-state index is 13.3. The van der Waals surface area contributed by atoms with E-state index < -0.39 is 0 Å². The lowest BCUT2D eigenvalue weighted by Gasteiger charge is -2.07. The number of aromatic amines is 1. The highest BCUT2D eigenvalue weighted by Crippen LogP contribution is 2.39. The number of aliphatic imine (C=N–C) groups is 1. The molecule has 7 rings (SSSR count). The van der Waals surface area contributed by atoms with Gasteiger partial charge < -0.3 is 19.4 Å². The van der Waals surface area contributed by atoms with E-state index in [0.717, 1.165) is 44.2 Å². The van der Waals surface area contributed by atoms with Gasteiger partial charge in [-0.3, -0.25) is 4.79 Å². The fourth-order valence-corrected chi connectivity index (χ4v) is 5.34. The Bertz CT molecular complexity index is 1950. The Hall–Kier alpha value is -5.36. The number of hydrogen-bond acceptors (Lipinski definition) is 3. The first-order chi connectivity index (χ1) is 19.7. The molecule has 4 aromatic carbocycles. The third-order valence-electron chi connectivity index (χ3n) is 7.31. The molecule has 3 heterocycles. The van der Waals surface area contributed by atoms with E-state index in [1.165, 1.54) is 0 Å². The molecule has 194 valence electrons. The average molecular weight is 524 g/mol. The van der Waals surface area contributed by atoms with Crippen LogP contribution in [0.1, 0.15) is 22.3 Å². The lowest BCUT2D eigenvalue weighted by Crippen LogP contribution is -1.99. The molecule has 0 saturated carbocycles. The van der Waals surface area contributed by atoms with E-state index in [0.29, 0.717) is 30.0 Å². The smallest absolute Gasteiger partial charge is 0.278 e. The number of nitrogens with one attached hydrogen (secondary N) is 1. The van der Waals surface area contributed by atoms with E-state index in [-0.39, 0.29) is 11.8 Å². The van der Waals surface area contributed by atoms with Crippen molar-refractivity contribution >= 4 is 39.0 Å². The number of nitrogens with zero attached hydrogens (tertiary/aromatic N) is 2. The summed E-state index contributed by atoms with van der Waals surface area (Å²) in [4.78, 5) is 21.0. The van der Waals surface area contributed by atoms with Crippen LogP contribution in [0, 0.1) is 0 Å². The molecule has 0 atom stereocenters. The summed E-state index contributed by atoms with van der Waals surface area (Å²) in [6.45, 7) is 0.943. The molecule has 2 N–H and O–H groups in total. The predicted molar refractivity (Wildman–Crippen MR) is 158 cm³/mol. The van der Waals surface area contributed by atoms with Crippen LogP contribution in [0.4, 0.5) is 0 Å². The largest absolute Gasteiger partial charge is 0.494 e. The molecule has 0 bridgehead atoms. The zero-order chi connectivity index (χ0) is 27.1. The Morgan fingerprint density at radius 1 is 0.825 bits per heavy atom. The van der Waals surface area contributed by atoms with Gasteiger partial charge in [0.25, 0.3) is 5.91 Å². The average Bonchev–Trinajstić information content (AvgIpc) is 3.66. The Morgan fingerprint density at radius 2 is 1.55 bits per heavy atom. The van der Waals surface area contributed by atoms with Gasteiger partial charge in [-0.2, -0.15) is 0 Å². The van der Waals surface area contributed by atoms with Gasteiger partial charge in [-0.05, 0) is 41.5 Å². The molecular weight excluding hydrogens is 498 g/mol. The van der Waals surface area contributed by atoms with Crippen molar-refractivity contribution in [1.29, 1.82) is 0 Å². The van der Waals surface area contributed by atoms with Crippen LogP contribution in [-0.2, 0) is 17.9 Å². The number of fused-ring (bicyclic) bond motifs is 2. The van der Waals surface area contributed by atoms with Gasteiger partial charge in [0.15, 0.2) is 0 Å². The number of aromatic hydroxyl groups is 1. The summed E-state index contributed by atoms with van der Waals surface area (Å²) in [5.41, 5.74) is 6.14. The molecule has 0 saturated heterocycles. The predicted octanol–water partition coefficient (Wildman–Crippen LogP) is 6.87. The van der Waals surface area contributed by atoms with Crippen molar-refractivity contribution in [2.75, 3.05) is 0 Å². The van der Waals surface area contributed by atoms with Gasteiger partial charge in [0.1, 0.15) is 12.4 Å². The zero-order valence-corrected chi connectivity index (χ0v) is 21.5. The molecule has 40 heavy (non-hydrogen) atoms. The quantitative estimate of drug-likeness (QED) is 0.240. The maximum Gasteiger partial charge on any atom is 0.278 e.